The van der Waals surface area contributed by atoms with Crippen LogP contribution in [0.2, 0.25) is 0 Å². The topological polar surface area (TPSA) is 170 Å². The average molecular weight is 649 g/mol. The predicted molar refractivity (Wildman–Crippen MR) is 168 cm³/mol. The van der Waals surface area contributed by atoms with Crippen LogP contribution in [0.15, 0.2) is 61.6 Å². The molecule has 3 heterocycles. The molecular weight excluding hydrogens is 612 g/mol. The Kier molecular flexibility index (Phi) is 7.95. The lowest BCUT2D eigenvalue weighted by molar-refractivity contribution is -0.131. The minimum Gasteiger partial charge on any atom is -0.472 e. The van der Waals surface area contributed by atoms with Gasteiger partial charge in [0, 0.05) is 30.1 Å². The maximum Gasteiger partial charge on any atom is 0.411 e. The molecule has 0 spiro atoms. The molecule has 1 saturated heterocycles. The second-order valence-corrected chi connectivity index (χ2v) is 14.9. The first kappa shape index (κ1) is 31.4. The van der Waals surface area contributed by atoms with Gasteiger partial charge in [-0.2, -0.15) is 0 Å². The lowest BCUT2D eigenvalue weighted by Gasteiger charge is -2.29. The summed E-state index contributed by atoms with van der Waals surface area (Å²) in [6.45, 7) is 8.90. The largest absolute Gasteiger partial charge is 0.472 e. The van der Waals surface area contributed by atoms with Gasteiger partial charge in [0.25, 0.3) is 5.91 Å². The molecule has 1 aromatic carbocycles. The third-order valence-electron chi connectivity index (χ3n) is 8.25. The fraction of sp³-hybridized carbons (Fsp3) is 0.438. The number of benzene rings is 1. The van der Waals surface area contributed by atoms with Gasteiger partial charge in [-0.3, -0.25) is 29.2 Å². The van der Waals surface area contributed by atoms with Gasteiger partial charge in [0.15, 0.2) is 0 Å². The number of hydrogen-bond donors (Lipinski definition) is 2. The molecule has 1 aliphatic heterocycles. The van der Waals surface area contributed by atoms with Crippen LogP contribution in [0.25, 0.3) is 22.2 Å². The average Bonchev–Trinajstić information content (AvgIpc) is 3.93. The summed E-state index contributed by atoms with van der Waals surface area (Å²) in [5, 5.41) is 3.73. The van der Waals surface area contributed by atoms with Gasteiger partial charge in [-0.25, -0.2) is 18.2 Å². The Bertz CT molecular complexity index is 1810. The molecule has 46 heavy (non-hydrogen) atoms. The number of fused-ring (bicyclic) bond motifs is 1. The minimum absolute atomic E-state index is 0.00147. The van der Waals surface area contributed by atoms with E-state index in [2.05, 4.69) is 26.6 Å². The van der Waals surface area contributed by atoms with E-state index in [1.807, 2.05) is 30.3 Å². The molecule has 2 saturated carbocycles. The summed E-state index contributed by atoms with van der Waals surface area (Å²) in [5.41, 5.74) is -1.26. The third-order valence-corrected chi connectivity index (χ3v) is 10.1. The van der Waals surface area contributed by atoms with Gasteiger partial charge in [-0.15, -0.1) is 6.58 Å². The molecule has 2 aliphatic carbocycles. The Labute approximate surface area is 266 Å². The lowest BCUT2D eigenvalue weighted by atomic mass is 10.1. The van der Waals surface area contributed by atoms with Gasteiger partial charge in [-0.1, -0.05) is 24.3 Å². The Morgan fingerprint density at radius 3 is 2.54 bits per heavy atom. The quantitative estimate of drug-likeness (QED) is 0.329. The molecule has 3 aromatic rings. The van der Waals surface area contributed by atoms with Gasteiger partial charge in [-0.05, 0) is 57.6 Å². The first-order valence-corrected chi connectivity index (χ1v) is 16.7. The Balaban J connectivity index is 1.27. The van der Waals surface area contributed by atoms with Crippen molar-refractivity contribution < 1.29 is 32.3 Å². The number of likely N-dealkylation sites (tertiary alicyclic amines) is 1. The molecule has 13 nitrogen and oxygen atoms in total. The number of carbonyl (C=O) groups excluding carboxylic acids is 3. The molecule has 3 amide bonds. The molecule has 3 aliphatic rings. The van der Waals surface area contributed by atoms with Crippen LogP contribution in [0, 0.1) is 5.92 Å². The van der Waals surface area contributed by atoms with E-state index in [1.54, 1.807) is 39.4 Å². The molecule has 2 aromatic heterocycles. The van der Waals surface area contributed by atoms with Crippen LogP contribution in [-0.4, -0.2) is 81.3 Å². The van der Waals surface area contributed by atoms with Crippen LogP contribution in [0.5, 0.6) is 5.88 Å². The molecule has 242 valence electrons. The molecule has 0 radical (unpaired) electrons. The number of aromatic nitrogens is 3. The van der Waals surface area contributed by atoms with E-state index in [0.717, 1.165) is 10.8 Å². The van der Waals surface area contributed by atoms with E-state index in [1.165, 1.54) is 11.0 Å². The van der Waals surface area contributed by atoms with Crippen molar-refractivity contribution in [2.45, 2.75) is 75.0 Å². The SMILES string of the molecule is C=CC1CC1(NC(=O)C1CC(Oc2nc(-c3cnccn3)cc3ccccc23)CN1C(=O)OC(C)(C)C)C(=O)NS(=O)(=O)C1CC1. The first-order chi connectivity index (χ1) is 21.8. The van der Waals surface area contributed by atoms with Gasteiger partial charge < -0.3 is 14.8 Å². The lowest BCUT2D eigenvalue weighted by Crippen LogP contribution is -2.56. The van der Waals surface area contributed by atoms with Crippen LogP contribution in [0.1, 0.15) is 46.5 Å². The number of nitrogens with zero attached hydrogens (tertiary/aromatic N) is 4. The van der Waals surface area contributed by atoms with Crippen molar-refractivity contribution in [1.82, 2.24) is 29.9 Å². The monoisotopic (exact) mass is 648 g/mol. The number of ether oxygens (including phenoxy) is 2. The Hall–Kier alpha value is -4.59. The van der Waals surface area contributed by atoms with Crippen LogP contribution in [0.3, 0.4) is 0 Å². The maximum absolute atomic E-state index is 13.9. The molecular formula is C32H36N6O7S. The molecule has 3 fully saturated rings. The summed E-state index contributed by atoms with van der Waals surface area (Å²) in [7, 11) is -3.85. The van der Waals surface area contributed by atoms with E-state index in [4.69, 9.17) is 14.5 Å². The Morgan fingerprint density at radius 1 is 1.13 bits per heavy atom. The highest BCUT2D eigenvalue weighted by Gasteiger charge is 2.62. The maximum atomic E-state index is 13.9. The van der Waals surface area contributed by atoms with E-state index < -0.39 is 62.4 Å². The molecule has 0 bridgehead atoms. The third kappa shape index (κ3) is 6.39. The second-order valence-electron chi connectivity index (χ2n) is 12.9. The van der Waals surface area contributed by atoms with Crippen molar-refractivity contribution in [2.75, 3.05) is 6.54 Å². The standard InChI is InChI=1S/C32H36N6O7S/c1-5-20-16-32(20,29(40)37-46(42,43)22-10-11-22)36-27(39)26-15-21(18-38(26)30(41)45-31(2,3)4)44-28-23-9-7-6-8-19(23)14-24(35-28)25-17-33-12-13-34-25/h5-9,12-14,17,20-22,26H,1,10-11,15-16,18H2,2-4H3,(H,36,39)(H,37,40). The highest BCUT2D eigenvalue weighted by atomic mass is 32.2. The van der Waals surface area contributed by atoms with Crippen molar-refractivity contribution in [3.63, 3.8) is 0 Å². The number of amides is 3. The van der Waals surface area contributed by atoms with Crippen LogP contribution >= 0.6 is 0 Å². The van der Waals surface area contributed by atoms with Crippen LogP contribution in [-0.2, 0) is 24.3 Å². The van der Waals surface area contributed by atoms with Crippen molar-refractivity contribution in [1.29, 1.82) is 0 Å². The summed E-state index contributed by atoms with van der Waals surface area (Å²) in [4.78, 5) is 55.1. The molecule has 14 heteroatoms. The van der Waals surface area contributed by atoms with E-state index in [0.29, 0.717) is 30.1 Å². The summed E-state index contributed by atoms with van der Waals surface area (Å²) in [5.74, 6) is -1.63. The summed E-state index contributed by atoms with van der Waals surface area (Å²) in [6.07, 6.45) is 6.04. The van der Waals surface area contributed by atoms with E-state index in [-0.39, 0.29) is 19.4 Å². The number of nitrogens with one attached hydrogen (secondary N) is 2. The van der Waals surface area contributed by atoms with Gasteiger partial charge in [0.05, 0.1) is 23.7 Å². The summed E-state index contributed by atoms with van der Waals surface area (Å²) >= 11 is 0. The van der Waals surface area contributed by atoms with Gasteiger partial charge in [0.1, 0.15) is 29.0 Å². The smallest absolute Gasteiger partial charge is 0.411 e. The highest BCUT2D eigenvalue weighted by Crippen LogP contribution is 2.45. The highest BCUT2D eigenvalue weighted by molar-refractivity contribution is 7.91. The molecule has 2 N–H and O–H groups in total. The first-order valence-electron chi connectivity index (χ1n) is 15.1. The molecule has 4 atom stereocenters. The zero-order chi connectivity index (χ0) is 32.9. The zero-order valence-corrected chi connectivity index (χ0v) is 26.6. The molecule has 4 unspecified atom stereocenters. The second kappa shape index (κ2) is 11.6. The number of pyridine rings is 1. The predicted octanol–water partition coefficient (Wildman–Crippen LogP) is 3.12. The zero-order valence-electron chi connectivity index (χ0n) is 25.8. The van der Waals surface area contributed by atoms with Crippen LogP contribution in [0.4, 0.5) is 4.79 Å². The number of carbonyl (C=O) groups is 3. The number of sulfonamides is 1. The fourth-order valence-corrected chi connectivity index (χ4v) is 7.01. The van der Waals surface area contributed by atoms with Crippen molar-refractivity contribution in [3.05, 3.63) is 61.6 Å². The van der Waals surface area contributed by atoms with E-state index in [9.17, 15) is 22.8 Å². The van der Waals surface area contributed by atoms with Crippen molar-refractivity contribution in [3.8, 4) is 17.3 Å². The minimum atomic E-state index is -3.85. The summed E-state index contributed by atoms with van der Waals surface area (Å²) in [6, 6.07) is 8.33. The Morgan fingerprint density at radius 2 is 1.89 bits per heavy atom. The van der Waals surface area contributed by atoms with Crippen molar-refractivity contribution >= 4 is 38.7 Å². The van der Waals surface area contributed by atoms with Gasteiger partial charge >= 0.3 is 6.09 Å². The fourth-order valence-electron chi connectivity index (χ4n) is 5.65. The molecule has 6 rings (SSSR count). The summed E-state index contributed by atoms with van der Waals surface area (Å²) < 4.78 is 39.3. The number of hydrogen-bond acceptors (Lipinski definition) is 10. The number of rotatable bonds is 9. The van der Waals surface area contributed by atoms with Crippen molar-refractivity contribution in [2.24, 2.45) is 5.92 Å². The van der Waals surface area contributed by atoms with E-state index >= 15 is 0 Å². The van der Waals surface area contributed by atoms with Crippen LogP contribution < -0.4 is 14.8 Å². The normalized spacial score (nSPS) is 24.2. The van der Waals surface area contributed by atoms with Gasteiger partial charge in [0.2, 0.25) is 21.8 Å².